The number of rotatable bonds is 0. The summed E-state index contributed by atoms with van der Waals surface area (Å²) in [6, 6.07) is 0. The van der Waals surface area contributed by atoms with Gasteiger partial charge in [0.1, 0.15) is 0 Å². The molecular formula is C6H8N2O4. The van der Waals surface area contributed by atoms with Crippen LogP contribution in [-0.2, 0) is 9.53 Å². The standard InChI is InChI=1S/C6H8N2O4/c1-6(2)4(8-11)3(7-10)5(9)12-6/h10-11H,1-2H3/b7-3-,8-4+. The maximum Gasteiger partial charge on any atom is 0.363 e. The van der Waals surface area contributed by atoms with Gasteiger partial charge in [-0.25, -0.2) is 4.79 Å². The van der Waals surface area contributed by atoms with E-state index in [4.69, 9.17) is 15.2 Å². The molecule has 0 atom stereocenters. The van der Waals surface area contributed by atoms with Crippen LogP contribution in [0.15, 0.2) is 10.3 Å². The quantitative estimate of drug-likeness (QED) is 0.305. The minimum Gasteiger partial charge on any atom is -0.448 e. The molecule has 0 aromatic rings. The predicted molar refractivity (Wildman–Crippen MR) is 38.6 cm³/mol. The summed E-state index contributed by atoms with van der Waals surface area (Å²) in [4.78, 5) is 10.9. The SMILES string of the molecule is CC1(C)OC(=O)C(=N\O)/C1=N\O. The van der Waals surface area contributed by atoms with Crippen LogP contribution in [0.1, 0.15) is 13.8 Å². The molecule has 66 valence electrons. The number of ether oxygens (including phenoxy) is 1. The lowest BCUT2D eigenvalue weighted by Gasteiger charge is -2.13. The largest absolute Gasteiger partial charge is 0.448 e. The second kappa shape index (κ2) is 2.47. The number of cyclic esters (lactones) is 1. The van der Waals surface area contributed by atoms with Crippen molar-refractivity contribution in [2.24, 2.45) is 10.3 Å². The van der Waals surface area contributed by atoms with Gasteiger partial charge in [-0.15, -0.1) is 0 Å². The molecule has 0 unspecified atom stereocenters. The number of carbonyl (C=O) groups is 1. The van der Waals surface area contributed by atoms with E-state index in [9.17, 15) is 4.79 Å². The second-order valence-corrected chi connectivity index (χ2v) is 2.80. The lowest BCUT2D eigenvalue weighted by atomic mass is 10.0. The number of nitrogens with zero attached hydrogens (tertiary/aromatic N) is 2. The first-order valence-corrected chi connectivity index (χ1v) is 3.21. The Hall–Kier alpha value is -1.59. The van der Waals surface area contributed by atoms with E-state index in [2.05, 4.69) is 10.3 Å². The first kappa shape index (κ1) is 8.51. The first-order valence-electron chi connectivity index (χ1n) is 3.21. The Morgan fingerprint density at radius 2 is 1.92 bits per heavy atom. The number of carbonyl (C=O) groups excluding carboxylic acids is 1. The summed E-state index contributed by atoms with van der Waals surface area (Å²) in [5.74, 6) is -0.796. The Kier molecular flexibility index (Phi) is 1.75. The second-order valence-electron chi connectivity index (χ2n) is 2.80. The molecule has 0 aromatic heterocycles. The molecule has 1 aliphatic rings. The molecule has 12 heavy (non-hydrogen) atoms. The van der Waals surface area contributed by atoms with Gasteiger partial charge >= 0.3 is 5.97 Å². The summed E-state index contributed by atoms with van der Waals surface area (Å²) < 4.78 is 4.74. The van der Waals surface area contributed by atoms with Gasteiger partial charge in [0.25, 0.3) is 0 Å². The predicted octanol–water partition coefficient (Wildman–Crippen LogP) is -0.0178. The number of hydrogen-bond donors (Lipinski definition) is 2. The maximum absolute atomic E-state index is 10.9. The van der Waals surface area contributed by atoms with Crippen molar-refractivity contribution in [2.75, 3.05) is 0 Å². The molecule has 0 bridgehead atoms. The third-order valence-electron chi connectivity index (χ3n) is 1.54. The summed E-state index contributed by atoms with van der Waals surface area (Å²) in [5.41, 5.74) is -1.47. The molecule has 6 nitrogen and oxygen atoms in total. The fourth-order valence-corrected chi connectivity index (χ4v) is 0.966. The van der Waals surface area contributed by atoms with Crippen molar-refractivity contribution in [2.45, 2.75) is 19.4 Å². The Morgan fingerprint density at radius 3 is 2.25 bits per heavy atom. The van der Waals surface area contributed by atoms with Crippen LogP contribution in [0, 0.1) is 0 Å². The van der Waals surface area contributed by atoms with Crippen molar-refractivity contribution in [3.05, 3.63) is 0 Å². The van der Waals surface area contributed by atoms with Gasteiger partial charge in [-0.3, -0.25) is 0 Å². The molecule has 1 aliphatic heterocycles. The monoisotopic (exact) mass is 172 g/mol. The van der Waals surface area contributed by atoms with Gasteiger partial charge < -0.3 is 15.2 Å². The van der Waals surface area contributed by atoms with E-state index in [1.807, 2.05) is 0 Å². The zero-order valence-corrected chi connectivity index (χ0v) is 6.61. The molecule has 0 aliphatic carbocycles. The third kappa shape index (κ3) is 1.01. The summed E-state index contributed by atoms with van der Waals surface area (Å²) in [6.45, 7) is 3.05. The topological polar surface area (TPSA) is 91.5 Å². The highest BCUT2D eigenvalue weighted by molar-refractivity contribution is 6.69. The smallest absolute Gasteiger partial charge is 0.363 e. The van der Waals surface area contributed by atoms with Crippen molar-refractivity contribution in [3.63, 3.8) is 0 Å². The van der Waals surface area contributed by atoms with Crippen LogP contribution in [0.25, 0.3) is 0 Å². The minimum atomic E-state index is -1.03. The van der Waals surface area contributed by atoms with Gasteiger partial charge in [0.15, 0.2) is 11.3 Å². The average molecular weight is 172 g/mol. The van der Waals surface area contributed by atoms with Crippen LogP contribution in [0.5, 0.6) is 0 Å². The number of oxime groups is 2. The maximum atomic E-state index is 10.9. The molecule has 0 amide bonds. The van der Waals surface area contributed by atoms with Gasteiger partial charge in [-0.2, -0.15) is 0 Å². The highest BCUT2D eigenvalue weighted by atomic mass is 16.6. The summed E-state index contributed by atoms with van der Waals surface area (Å²) in [7, 11) is 0. The molecule has 0 saturated carbocycles. The molecule has 1 fully saturated rings. The van der Waals surface area contributed by atoms with Crippen LogP contribution in [0.4, 0.5) is 0 Å². The Bertz CT molecular complexity index is 279. The van der Waals surface area contributed by atoms with E-state index in [1.165, 1.54) is 13.8 Å². The normalized spacial score (nSPS) is 28.0. The van der Waals surface area contributed by atoms with E-state index < -0.39 is 11.6 Å². The number of esters is 1. The molecule has 0 aromatic carbocycles. The average Bonchev–Trinajstić information content (AvgIpc) is 2.18. The van der Waals surface area contributed by atoms with Gasteiger partial charge in [0.2, 0.25) is 5.71 Å². The van der Waals surface area contributed by atoms with Crippen LogP contribution in [0.2, 0.25) is 0 Å². The van der Waals surface area contributed by atoms with E-state index in [0.717, 1.165) is 0 Å². The fourth-order valence-electron chi connectivity index (χ4n) is 0.966. The summed E-state index contributed by atoms with van der Waals surface area (Å²) in [5, 5.41) is 22.3. The van der Waals surface area contributed by atoms with Crippen LogP contribution >= 0.6 is 0 Å². The van der Waals surface area contributed by atoms with Crippen LogP contribution < -0.4 is 0 Å². The molecule has 0 radical (unpaired) electrons. The fraction of sp³-hybridized carbons (Fsp3) is 0.500. The highest BCUT2D eigenvalue weighted by Crippen LogP contribution is 2.21. The lowest BCUT2D eigenvalue weighted by Crippen LogP contribution is -2.30. The Morgan fingerprint density at radius 1 is 1.33 bits per heavy atom. The van der Waals surface area contributed by atoms with Crippen molar-refractivity contribution >= 4 is 17.4 Å². The molecule has 1 rings (SSSR count). The third-order valence-corrected chi connectivity index (χ3v) is 1.54. The summed E-state index contributed by atoms with van der Waals surface area (Å²) in [6.07, 6.45) is 0. The van der Waals surface area contributed by atoms with Crippen molar-refractivity contribution in [1.82, 2.24) is 0 Å². The van der Waals surface area contributed by atoms with E-state index >= 15 is 0 Å². The molecular weight excluding hydrogens is 164 g/mol. The van der Waals surface area contributed by atoms with Crippen LogP contribution in [0.3, 0.4) is 0 Å². The number of hydrogen-bond acceptors (Lipinski definition) is 6. The van der Waals surface area contributed by atoms with Gasteiger partial charge in [-0.05, 0) is 13.8 Å². The van der Waals surface area contributed by atoms with Crippen molar-refractivity contribution in [3.8, 4) is 0 Å². The highest BCUT2D eigenvalue weighted by Gasteiger charge is 2.45. The van der Waals surface area contributed by atoms with E-state index in [-0.39, 0.29) is 11.4 Å². The molecule has 1 saturated heterocycles. The molecule has 2 N–H and O–H groups in total. The summed E-state index contributed by atoms with van der Waals surface area (Å²) >= 11 is 0. The van der Waals surface area contributed by atoms with Gasteiger partial charge in [-0.1, -0.05) is 10.3 Å². The van der Waals surface area contributed by atoms with E-state index in [1.54, 1.807) is 0 Å². The van der Waals surface area contributed by atoms with Crippen molar-refractivity contribution < 1.29 is 19.9 Å². The minimum absolute atomic E-state index is 0.0741. The first-order chi connectivity index (χ1) is 5.53. The lowest BCUT2D eigenvalue weighted by molar-refractivity contribution is -0.140. The Balaban J connectivity index is 3.18. The van der Waals surface area contributed by atoms with Gasteiger partial charge in [0.05, 0.1) is 0 Å². The zero-order valence-electron chi connectivity index (χ0n) is 6.61. The van der Waals surface area contributed by atoms with Crippen LogP contribution in [-0.4, -0.2) is 33.4 Å². The molecule has 1 heterocycles. The zero-order chi connectivity index (χ0) is 9.35. The molecule has 0 spiro atoms. The van der Waals surface area contributed by atoms with Crippen molar-refractivity contribution in [1.29, 1.82) is 0 Å². The van der Waals surface area contributed by atoms with E-state index in [0.29, 0.717) is 0 Å². The molecule has 6 heteroatoms. The van der Waals surface area contributed by atoms with Gasteiger partial charge in [0, 0.05) is 0 Å². The Labute approximate surface area is 68.1 Å².